The first-order valence-electron chi connectivity index (χ1n) is 5.42. The quantitative estimate of drug-likeness (QED) is 0.780. The molecule has 2 aromatic rings. The number of nitrogen functional groups attached to an aromatic ring is 1. The minimum atomic E-state index is -3.59. The summed E-state index contributed by atoms with van der Waals surface area (Å²) in [6, 6.07) is 3.12. The van der Waals surface area contributed by atoms with Gasteiger partial charge in [-0.3, -0.25) is 9.82 Å². The molecule has 0 fully saturated rings. The second-order valence-corrected chi connectivity index (χ2v) is 6.65. The summed E-state index contributed by atoms with van der Waals surface area (Å²) in [7, 11) is -3.59. The molecule has 18 heavy (non-hydrogen) atoms. The number of anilines is 2. The molecule has 4 N–H and O–H groups in total. The number of thiophene rings is 1. The van der Waals surface area contributed by atoms with Gasteiger partial charge in [-0.15, -0.1) is 11.3 Å². The van der Waals surface area contributed by atoms with E-state index in [1.807, 2.05) is 6.92 Å². The molecule has 0 saturated carbocycles. The molecule has 0 amide bonds. The first-order chi connectivity index (χ1) is 8.51. The van der Waals surface area contributed by atoms with E-state index in [4.69, 9.17) is 5.73 Å². The fraction of sp³-hybridized carbons (Fsp3) is 0.300. The molecular formula is C10H14N4O2S2. The smallest absolute Gasteiger partial charge is 0.272 e. The molecule has 0 unspecified atom stereocenters. The molecule has 0 atom stereocenters. The third-order valence-electron chi connectivity index (χ3n) is 2.25. The summed E-state index contributed by atoms with van der Waals surface area (Å²) in [6.07, 6.45) is 1.80. The number of aromatic amines is 1. The predicted octanol–water partition coefficient (Wildman–Crippen LogP) is 1.81. The van der Waals surface area contributed by atoms with Crippen LogP contribution in [0.3, 0.4) is 0 Å². The van der Waals surface area contributed by atoms with Crippen LogP contribution in [0.25, 0.3) is 0 Å². The average molecular weight is 286 g/mol. The van der Waals surface area contributed by atoms with E-state index in [2.05, 4.69) is 14.9 Å². The van der Waals surface area contributed by atoms with E-state index in [1.54, 1.807) is 11.4 Å². The minimum Gasteiger partial charge on any atom is -0.398 e. The van der Waals surface area contributed by atoms with Crippen LogP contribution in [-0.2, 0) is 16.4 Å². The molecule has 2 heterocycles. The SMILES string of the molecule is CCCc1cc(NS(=O)(=O)c2cc(N)cs2)n[nH]1. The van der Waals surface area contributed by atoms with Crippen LogP contribution < -0.4 is 10.5 Å². The maximum Gasteiger partial charge on any atom is 0.272 e. The average Bonchev–Trinajstić information content (AvgIpc) is 2.88. The van der Waals surface area contributed by atoms with Crippen LogP contribution in [0, 0.1) is 0 Å². The standard InChI is InChI=1S/C10H14N4O2S2/c1-2-3-8-5-9(13-12-8)14-18(15,16)10-4-7(11)6-17-10/h4-6H,2-3,11H2,1H3,(H2,12,13,14). The van der Waals surface area contributed by atoms with Crippen LogP contribution in [0.15, 0.2) is 21.7 Å². The van der Waals surface area contributed by atoms with E-state index >= 15 is 0 Å². The van der Waals surface area contributed by atoms with Crippen molar-refractivity contribution < 1.29 is 8.42 Å². The highest BCUT2D eigenvalue weighted by Crippen LogP contribution is 2.23. The summed E-state index contributed by atoms with van der Waals surface area (Å²) in [6.45, 7) is 2.04. The van der Waals surface area contributed by atoms with Crippen LogP contribution >= 0.6 is 11.3 Å². The van der Waals surface area contributed by atoms with Crippen molar-refractivity contribution in [3.05, 3.63) is 23.2 Å². The second kappa shape index (κ2) is 4.99. The highest BCUT2D eigenvalue weighted by Gasteiger charge is 2.17. The van der Waals surface area contributed by atoms with Gasteiger partial charge in [0.2, 0.25) is 0 Å². The predicted molar refractivity (Wildman–Crippen MR) is 72.1 cm³/mol. The molecule has 0 aromatic carbocycles. The Balaban J connectivity index is 2.17. The van der Waals surface area contributed by atoms with Crippen molar-refractivity contribution in [3.63, 3.8) is 0 Å². The van der Waals surface area contributed by atoms with Crippen molar-refractivity contribution >= 4 is 32.9 Å². The molecular weight excluding hydrogens is 272 g/mol. The van der Waals surface area contributed by atoms with Crippen molar-refractivity contribution in [1.29, 1.82) is 0 Å². The van der Waals surface area contributed by atoms with E-state index < -0.39 is 10.0 Å². The molecule has 8 heteroatoms. The summed E-state index contributed by atoms with van der Waals surface area (Å²) in [5, 5.41) is 8.28. The van der Waals surface area contributed by atoms with Crippen LogP contribution in [0.5, 0.6) is 0 Å². The van der Waals surface area contributed by atoms with Gasteiger partial charge in [0, 0.05) is 22.8 Å². The lowest BCUT2D eigenvalue weighted by molar-refractivity contribution is 0.603. The highest BCUT2D eigenvalue weighted by molar-refractivity contribution is 7.94. The highest BCUT2D eigenvalue weighted by atomic mass is 32.2. The summed E-state index contributed by atoms with van der Waals surface area (Å²) in [5.41, 5.74) is 6.85. The first-order valence-corrected chi connectivity index (χ1v) is 7.78. The molecule has 98 valence electrons. The minimum absolute atomic E-state index is 0.181. The number of sulfonamides is 1. The number of nitrogens with zero attached hydrogens (tertiary/aromatic N) is 1. The number of nitrogens with one attached hydrogen (secondary N) is 2. The van der Waals surface area contributed by atoms with Crippen LogP contribution in [0.4, 0.5) is 11.5 Å². The van der Waals surface area contributed by atoms with Crippen molar-refractivity contribution in [2.75, 3.05) is 10.5 Å². The number of nitrogens with two attached hydrogens (primary N) is 1. The lowest BCUT2D eigenvalue weighted by Gasteiger charge is -2.01. The Labute approximate surface area is 109 Å². The van der Waals surface area contributed by atoms with Gasteiger partial charge in [-0.1, -0.05) is 13.3 Å². The van der Waals surface area contributed by atoms with Gasteiger partial charge in [0.05, 0.1) is 0 Å². The summed E-state index contributed by atoms with van der Waals surface area (Å²) >= 11 is 1.08. The number of hydrogen-bond donors (Lipinski definition) is 3. The lowest BCUT2D eigenvalue weighted by atomic mass is 10.2. The summed E-state index contributed by atoms with van der Waals surface area (Å²) in [4.78, 5) is 0. The third-order valence-corrected chi connectivity index (χ3v) is 5.06. The van der Waals surface area contributed by atoms with Crippen molar-refractivity contribution in [1.82, 2.24) is 10.2 Å². The zero-order valence-electron chi connectivity index (χ0n) is 9.80. The van der Waals surface area contributed by atoms with Gasteiger partial charge in [0.1, 0.15) is 4.21 Å². The normalized spacial score (nSPS) is 11.6. The van der Waals surface area contributed by atoms with Gasteiger partial charge in [0.25, 0.3) is 10.0 Å². The lowest BCUT2D eigenvalue weighted by Crippen LogP contribution is -2.11. The van der Waals surface area contributed by atoms with E-state index in [9.17, 15) is 8.42 Å². The Morgan fingerprint density at radius 2 is 2.28 bits per heavy atom. The summed E-state index contributed by atoms with van der Waals surface area (Å²) in [5.74, 6) is 0.297. The zero-order chi connectivity index (χ0) is 13.2. The largest absolute Gasteiger partial charge is 0.398 e. The van der Waals surface area contributed by atoms with Crippen LogP contribution in [0.2, 0.25) is 0 Å². The molecule has 0 saturated heterocycles. The third kappa shape index (κ3) is 2.82. The van der Waals surface area contributed by atoms with Crippen molar-refractivity contribution in [2.45, 2.75) is 24.0 Å². The second-order valence-electron chi connectivity index (χ2n) is 3.83. The first kappa shape index (κ1) is 12.9. The Bertz CT molecular complexity index is 630. The van der Waals surface area contributed by atoms with E-state index in [0.717, 1.165) is 29.9 Å². The number of rotatable bonds is 5. The van der Waals surface area contributed by atoms with Gasteiger partial charge >= 0.3 is 0 Å². The van der Waals surface area contributed by atoms with Gasteiger partial charge in [-0.05, 0) is 12.5 Å². The van der Waals surface area contributed by atoms with Gasteiger partial charge in [-0.25, -0.2) is 8.42 Å². The molecule has 0 spiro atoms. The Hall–Kier alpha value is -1.54. The Morgan fingerprint density at radius 3 is 2.89 bits per heavy atom. The fourth-order valence-electron chi connectivity index (χ4n) is 1.47. The molecule has 0 aliphatic heterocycles. The summed E-state index contributed by atoms with van der Waals surface area (Å²) < 4.78 is 26.5. The van der Waals surface area contributed by atoms with Gasteiger partial charge in [0.15, 0.2) is 5.82 Å². The van der Waals surface area contributed by atoms with Crippen molar-refractivity contribution in [2.24, 2.45) is 0 Å². The molecule has 0 radical (unpaired) electrons. The van der Waals surface area contributed by atoms with E-state index in [-0.39, 0.29) is 4.21 Å². The van der Waals surface area contributed by atoms with E-state index in [1.165, 1.54) is 6.07 Å². The fourth-order valence-corrected chi connectivity index (χ4v) is 3.54. The maximum absolute atomic E-state index is 12.0. The molecule has 2 aromatic heterocycles. The molecule has 0 aliphatic rings. The van der Waals surface area contributed by atoms with E-state index in [0.29, 0.717) is 11.5 Å². The monoisotopic (exact) mass is 286 g/mol. The molecule has 2 rings (SSSR count). The zero-order valence-corrected chi connectivity index (χ0v) is 11.4. The topological polar surface area (TPSA) is 101 Å². The Morgan fingerprint density at radius 1 is 1.50 bits per heavy atom. The molecule has 6 nitrogen and oxygen atoms in total. The van der Waals surface area contributed by atoms with Crippen LogP contribution in [-0.4, -0.2) is 18.6 Å². The molecule has 0 aliphatic carbocycles. The number of hydrogen-bond acceptors (Lipinski definition) is 5. The molecule has 0 bridgehead atoms. The number of aryl methyl sites for hydroxylation is 1. The number of H-pyrrole nitrogens is 1. The van der Waals surface area contributed by atoms with Crippen LogP contribution in [0.1, 0.15) is 19.0 Å². The maximum atomic E-state index is 12.0. The number of aromatic nitrogens is 2. The van der Waals surface area contributed by atoms with Gasteiger partial charge < -0.3 is 5.73 Å². The van der Waals surface area contributed by atoms with Gasteiger partial charge in [-0.2, -0.15) is 5.10 Å². The Kier molecular flexibility index (Phi) is 3.58. The van der Waals surface area contributed by atoms with Crippen molar-refractivity contribution in [3.8, 4) is 0 Å².